The van der Waals surface area contributed by atoms with Gasteiger partial charge >= 0.3 is 0 Å². The second kappa shape index (κ2) is 6.40. The number of ether oxygens (including phenoxy) is 1. The molecule has 1 aromatic rings. The summed E-state index contributed by atoms with van der Waals surface area (Å²) in [5.41, 5.74) is 2.98. The number of rotatable bonds is 6. The minimum absolute atomic E-state index is 0.296. The lowest BCUT2D eigenvalue weighted by Gasteiger charge is -2.16. The summed E-state index contributed by atoms with van der Waals surface area (Å²) in [7, 11) is 3.76. The molecule has 0 aliphatic rings. The van der Waals surface area contributed by atoms with Crippen molar-refractivity contribution < 1.29 is 9.84 Å². The van der Waals surface area contributed by atoms with E-state index >= 15 is 0 Å². The van der Waals surface area contributed by atoms with Gasteiger partial charge in [0.2, 0.25) is 0 Å². The molecule has 84 valence electrons. The monoisotopic (exact) mass is 210 g/mol. The average Bonchev–Trinajstić information content (AvgIpc) is 2.25. The minimum atomic E-state index is -0.507. The topological polar surface area (TPSA) is 44.7 Å². The summed E-state index contributed by atoms with van der Waals surface area (Å²) >= 11 is 0. The lowest BCUT2D eigenvalue weighted by atomic mass is 10.3. The molecule has 4 nitrogen and oxygen atoms in total. The van der Waals surface area contributed by atoms with Crippen LogP contribution in [0.5, 0.6) is 5.75 Å². The van der Waals surface area contributed by atoms with E-state index in [0.717, 1.165) is 5.75 Å². The van der Waals surface area contributed by atoms with Crippen LogP contribution in [0, 0.1) is 0 Å². The fourth-order valence-corrected chi connectivity index (χ4v) is 1.06. The molecule has 4 heteroatoms. The molecule has 15 heavy (non-hydrogen) atoms. The maximum absolute atomic E-state index is 9.55. The molecule has 0 amide bonds. The summed E-state index contributed by atoms with van der Waals surface area (Å²) in [6.07, 6.45) is -0.507. The maximum Gasteiger partial charge on any atom is 0.119 e. The van der Waals surface area contributed by atoms with Gasteiger partial charge in [-0.3, -0.25) is 10.4 Å². The minimum Gasteiger partial charge on any atom is -0.491 e. The van der Waals surface area contributed by atoms with Crippen LogP contribution in [0.15, 0.2) is 30.3 Å². The molecule has 2 N–H and O–H groups in total. The van der Waals surface area contributed by atoms with Gasteiger partial charge in [-0.1, -0.05) is 18.2 Å². The highest BCUT2D eigenvalue weighted by atomic mass is 16.5. The number of hydrazine groups is 1. The highest BCUT2D eigenvalue weighted by Crippen LogP contribution is 2.08. The third-order valence-corrected chi connectivity index (χ3v) is 1.83. The molecule has 0 saturated carbocycles. The van der Waals surface area contributed by atoms with Gasteiger partial charge in [-0.2, -0.15) is 0 Å². The van der Waals surface area contributed by atoms with Gasteiger partial charge in [-0.15, -0.1) is 0 Å². The molecular formula is C11H18N2O2. The number of para-hydroxylation sites is 1. The van der Waals surface area contributed by atoms with Gasteiger partial charge in [0.25, 0.3) is 0 Å². The molecule has 0 bridgehead atoms. The summed E-state index contributed by atoms with van der Waals surface area (Å²) < 4.78 is 5.39. The molecule has 1 rings (SSSR count). The molecule has 0 spiro atoms. The van der Waals surface area contributed by atoms with E-state index in [1.165, 1.54) is 0 Å². The van der Waals surface area contributed by atoms with Crippen molar-refractivity contribution in [2.24, 2.45) is 0 Å². The van der Waals surface area contributed by atoms with Crippen LogP contribution in [0.3, 0.4) is 0 Å². The number of nitrogens with one attached hydrogen (secondary N) is 1. The number of hydrogen-bond acceptors (Lipinski definition) is 4. The standard InChI is InChI=1S/C11H18N2O2/c1-13(2)12-8-10(14)9-15-11-6-4-3-5-7-11/h3-7,10,12,14H,8-9H2,1-2H3. The van der Waals surface area contributed by atoms with Crippen LogP contribution in [0.2, 0.25) is 0 Å². The van der Waals surface area contributed by atoms with Gasteiger partial charge in [0, 0.05) is 20.6 Å². The van der Waals surface area contributed by atoms with Gasteiger partial charge in [0.1, 0.15) is 18.5 Å². The van der Waals surface area contributed by atoms with Crippen LogP contribution >= 0.6 is 0 Å². The summed E-state index contributed by atoms with van der Waals surface area (Å²) in [5.74, 6) is 0.779. The van der Waals surface area contributed by atoms with Crippen molar-refractivity contribution in [3.63, 3.8) is 0 Å². The van der Waals surface area contributed by atoms with E-state index in [1.807, 2.05) is 44.4 Å². The smallest absolute Gasteiger partial charge is 0.119 e. The molecule has 0 heterocycles. The van der Waals surface area contributed by atoms with E-state index in [1.54, 1.807) is 5.01 Å². The van der Waals surface area contributed by atoms with Crippen molar-refractivity contribution in [2.75, 3.05) is 27.2 Å². The van der Waals surface area contributed by atoms with Crippen LogP contribution in [-0.4, -0.2) is 43.5 Å². The summed E-state index contributed by atoms with van der Waals surface area (Å²) in [6.45, 7) is 0.782. The summed E-state index contributed by atoms with van der Waals surface area (Å²) in [4.78, 5) is 0. The van der Waals surface area contributed by atoms with Crippen molar-refractivity contribution >= 4 is 0 Å². The first kappa shape index (κ1) is 12.0. The Labute approximate surface area is 90.4 Å². The van der Waals surface area contributed by atoms with Crippen molar-refractivity contribution in [1.29, 1.82) is 0 Å². The zero-order chi connectivity index (χ0) is 11.1. The van der Waals surface area contributed by atoms with E-state index in [0.29, 0.717) is 13.2 Å². The van der Waals surface area contributed by atoms with Gasteiger partial charge < -0.3 is 9.84 Å². The van der Waals surface area contributed by atoms with E-state index in [-0.39, 0.29) is 0 Å². The fraction of sp³-hybridized carbons (Fsp3) is 0.455. The Kier molecular flexibility index (Phi) is 5.10. The van der Waals surface area contributed by atoms with E-state index in [9.17, 15) is 5.11 Å². The van der Waals surface area contributed by atoms with E-state index in [4.69, 9.17) is 4.74 Å². The second-order valence-electron chi connectivity index (χ2n) is 3.53. The van der Waals surface area contributed by atoms with E-state index in [2.05, 4.69) is 5.43 Å². The number of aliphatic hydroxyl groups excluding tert-OH is 1. The molecule has 0 saturated heterocycles. The van der Waals surface area contributed by atoms with Crippen molar-refractivity contribution in [3.8, 4) is 5.75 Å². The molecule has 1 unspecified atom stereocenters. The first-order chi connectivity index (χ1) is 7.18. The van der Waals surface area contributed by atoms with Crippen LogP contribution in [-0.2, 0) is 0 Å². The number of benzene rings is 1. The van der Waals surface area contributed by atoms with Gasteiger partial charge in [-0.05, 0) is 12.1 Å². The molecule has 0 aliphatic heterocycles. The number of nitrogens with zero attached hydrogens (tertiary/aromatic N) is 1. The lowest BCUT2D eigenvalue weighted by Crippen LogP contribution is -2.39. The van der Waals surface area contributed by atoms with Crippen LogP contribution in [0.4, 0.5) is 0 Å². The Morgan fingerprint density at radius 1 is 1.33 bits per heavy atom. The lowest BCUT2D eigenvalue weighted by molar-refractivity contribution is 0.0884. The molecule has 0 aliphatic carbocycles. The number of aliphatic hydroxyl groups is 1. The molecule has 1 atom stereocenters. The predicted molar refractivity (Wildman–Crippen MR) is 59.6 cm³/mol. The molecule has 0 fully saturated rings. The number of hydrogen-bond donors (Lipinski definition) is 2. The largest absolute Gasteiger partial charge is 0.491 e. The molecule has 0 aromatic heterocycles. The Morgan fingerprint density at radius 2 is 2.00 bits per heavy atom. The Balaban J connectivity index is 2.19. The zero-order valence-electron chi connectivity index (χ0n) is 9.18. The zero-order valence-corrected chi connectivity index (χ0v) is 9.18. The Bertz CT molecular complexity index is 265. The summed E-state index contributed by atoms with van der Waals surface area (Å²) in [6, 6.07) is 9.47. The first-order valence-electron chi connectivity index (χ1n) is 4.95. The van der Waals surface area contributed by atoms with Crippen LogP contribution in [0.25, 0.3) is 0 Å². The Hall–Kier alpha value is -1.10. The Morgan fingerprint density at radius 3 is 2.60 bits per heavy atom. The molecular weight excluding hydrogens is 192 g/mol. The van der Waals surface area contributed by atoms with Gasteiger partial charge in [0.05, 0.1) is 0 Å². The third kappa shape index (κ3) is 5.37. The van der Waals surface area contributed by atoms with Crippen molar-refractivity contribution in [2.45, 2.75) is 6.10 Å². The first-order valence-corrected chi connectivity index (χ1v) is 4.95. The van der Waals surface area contributed by atoms with Crippen LogP contribution < -0.4 is 10.2 Å². The van der Waals surface area contributed by atoms with Crippen LogP contribution in [0.1, 0.15) is 0 Å². The quantitative estimate of drug-likeness (QED) is 0.671. The summed E-state index contributed by atoms with van der Waals surface area (Å²) in [5, 5.41) is 11.3. The maximum atomic E-state index is 9.55. The second-order valence-corrected chi connectivity index (χ2v) is 3.53. The van der Waals surface area contributed by atoms with E-state index < -0.39 is 6.10 Å². The third-order valence-electron chi connectivity index (χ3n) is 1.83. The highest BCUT2D eigenvalue weighted by molar-refractivity contribution is 5.20. The van der Waals surface area contributed by atoms with Gasteiger partial charge in [-0.25, -0.2) is 0 Å². The molecule has 0 radical (unpaired) electrons. The van der Waals surface area contributed by atoms with Gasteiger partial charge in [0.15, 0.2) is 0 Å². The predicted octanol–water partition coefficient (Wildman–Crippen LogP) is 0.492. The average molecular weight is 210 g/mol. The SMILES string of the molecule is CN(C)NCC(O)COc1ccccc1. The van der Waals surface area contributed by atoms with Crippen molar-refractivity contribution in [1.82, 2.24) is 10.4 Å². The van der Waals surface area contributed by atoms with Crippen molar-refractivity contribution in [3.05, 3.63) is 30.3 Å². The highest BCUT2D eigenvalue weighted by Gasteiger charge is 2.04. The fourth-order valence-electron chi connectivity index (χ4n) is 1.06. The molecule has 1 aromatic carbocycles. The normalized spacial score (nSPS) is 12.8.